The van der Waals surface area contributed by atoms with Crippen LogP contribution in [0.5, 0.6) is 0 Å². The fourth-order valence-corrected chi connectivity index (χ4v) is 6.70. The van der Waals surface area contributed by atoms with Crippen LogP contribution >= 0.6 is 11.8 Å². The second kappa shape index (κ2) is 7.88. The molecule has 1 unspecified atom stereocenters. The van der Waals surface area contributed by atoms with Gasteiger partial charge in [0.15, 0.2) is 0 Å². The first kappa shape index (κ1) is 20.4. The molecule has 5 rings (SSSR count). The first-order valence-electron chi connectivity index (χ1n) is 11.7. The number of nitrogens with one attached hydrogen (secondary N) is 3. The van der Waals surface area contributed by atoms with Gasteiger partial charge < -0.3 is 16.0 Å². The fourth-order valence-electron chi connectivity index (χ4n) is 5.40. The van der Waals surface area contributed by atoms with Crippen molar-refractivity contribution < 1.29 is 14.4 Å². The summed E-state index contributed by atoms with van der Waals surface area (Å²) in [5, 5.41) is 9.26. The number of carbonyl (C=O) groups is 3. The molecule has 164 valence electrons. The number of thioether (sulfide) groups is 1. The Morgan fingerprint density at radius 1 is 0.967 bits per heavy atom. The first-order chi connectivity index (χ1) is 14.5. The van der Waals surface area contributed by atoms with Crippen LogP contribution in [-0.2, 0) is 14.4 Å². The molecule has 0 aromatic rings. The number of carbonyl (C=O) groups excluding carboxylic acids is 3. The normalized spacial score (nSPS) is 32.9. The van der Waals surface area contributed by atoms with Gasteiger partial charge in [-0.05, 0) is 74.2 Å². The van der Waals surface area contributed by atoms with Gasteiger partial charge in [-0.15, -0.1) is 0 Å². The van der Waals surface area contributed by atoms with Crippen LogP contribution in [0.15, 0.2) is 12.2 Å². The first-order valence-corrected chi connectivity index (χ1v) is 12.8. The maximum Gasteiger partial charge on any atom is 0.235 e. The third-order valence-corrected chi connectivity index (χ3v) is 8.99. The minimum Gasteiger partial charge on any atom is -0.355 e. The van der Waals surface area contributed by atoms with Crippen LogP contribution in [0.4, 0.5) is 0 Å². The number of rotatable bonds is 7. The molecule has 3 atom stereocenters. The predicted molar refractivity (Wildman–Crippen MR) is 117 cm³/mol. The summed E-state index contributed by atoms with van der Waals surface area (Å²) in [6, 6.07) is 0.341. The summed E-state index contributed by atoms with van der Waals surface area (Å²) in [5.74, 6) is 2.80. The lowest BCUT2D eigenvalue weighted by Crippen LogP contribution is -2.56. The maximum absolute atomic E-state index is 12.8. The zero-order valence-corrected chi connectivity index (χ0v) is 18.4. The Hall–Kier alpha value is -1.50. The molecule has 0 bridgehead atoms. The summed E-state index contributed by atoms with van der Waals surface area (Å²) in [6.07, 6.45) is 12.7. The highest BCUT2D eigenvalue weighted by molar-refractivity contribution is 7.99. The number of hydrogen-bond acceptors (Lipinski definition) is 4. The lowest BCUT2D eigenvalue weighted by molar-refractivity contribution is -0.149. The average molecular weight is 432 g/mol. The van der Waals surface area contributed by atoms with E-state index >= 15 is 0 Å². The van der Waals surface area contributed by atoms with Gasteiger partial charge in [-0.1, -0.05) is 18.6 Å². The molecule has 3 saturated carbocycles. The van der Waals surface area contributed by atoms with Crippen LogP contribution in [-0.4, -0.2) is 47.9 Å². The molecule has 1 saturated heterocycles. The summed E-state index contributed by atoms with van der Waals surface area (Å²) < 4.78 is 0. The lowest BCUT2D eigenvalue weighted by Gasteiger charge is -2.38. The van der Waals surface area contributed by atoms with E-state index in [4.69, 9.17) is 0 Å². The summed E-state index contributed by atoms with van der Waals surface area (Å²) in [6.45, 7) is 0.532. The Bertz CT molecular complexity index is 753. The summed E-state index contributed by atoms with van der Waals surface area (Å²) in [5.41, 5.74) is -0.555. The molecule has 0 radical (unpaired) electrons. The molecule has 4 fully saturated rings. The Morgan fingerprint density at radius 2 is 1.73 bits per heavy atom. The van der Waals surface area contributed by atoms with Crippen molar-refractivity contribution in [1.29, 1.82) is 0 Å². The predicted octanol–water partition coefficient (Wildman–Crippen LogP) is 2.15. The van der Waals surface area contributed by atoms with E-state index < -0.39 is 5.41 Å². The van der Waals surface area contributed by atoms with Gasteiger partial charge >= 0.3 is 0 Å². The molecule has 4 aliphatic carbocycles. The quantitative estimate of drug-likeness (QED) is 0.426. The Labute approximate surface area is 182 Å². The molecule has 3 amide bonds. The zero-order valence-electron chi connectivity index (χ0n) is 17.6. The van der Waals surface area contributed by atoms with Crippen LogP contribution in [0.3, 0.4) is 0 Å². The van der Waals surface area contributed by atoms with E-state index in [0.717, 1.165) is 32.1 Å². The van der Waals surface area contributed by atoms with Gasteiger partial charge in [-0.25, -0.2) is 0 Å². The van der Waals surface area contributed by atoms with Gasteiger partial charge in [-0.3, -0.25) is 14.4 Å². The Morgan fingerprint density at radius 3 is 2.40 bits per heavy atom. The monoisotopic (exact) mass is 431 g/mol. The SMILES string of the molecule is O=C(N[C@@H]1C=C[C@H](CNC(=O)C2(C(=O)NC3CC3)CCC2)C1)C1CC12CCSCC2. The van der Waals surface area contributed by atoms with Crippen LogP contribution in [0.1, 0.15) is 57.8 Å². The van der Waals surface area contributed by atoms with E-state index in [0.29, 0.717) is 24.8 Å². The molecule has 0 aromatic carbocycles. The van der Waals surface area contributed by atoms with Gasteiger partial charge in [0, 0.05) is 24.5 Å². The molecule has 7 heteroatoms. The maximum atomic E-state index is 12.8. The second-order valence-electron chi connectivity index (χ2n) is 10.1. The molecule has 0 aromatic heterocycles. The number of amides is 3. The van der Waals surface area contributed by atoms with Crippen molar-refractivity contribution in [3.05, 3.63) is 12.2 Å². The van der Waals surface area contributed by atoms with Gasteiger partial charge in [0.05, 0.1) is 0 Å². The van der Waals surface area contributed by atoms with Crippen molar-refractivity contribution >= 4 is 29.5 Å². The molecular formula is C23H33N3O3S. The smallest absolute Gasteiger partial charge is 0.235 e. The molecule has 1 spiro atoms. The van der Waals surface area contributed by atoms with E-state index in [1.54, 1.807) is 0 Å². The molecule has 5 aliphatic rings. The van der Waals surface area contributed by atoms with Crippen LogP contribution < -0.4 is 16.0 Å². The standard InChI is InChI=1S/C23H33N3O3S/c27-19(18-13-22(18)8-10-30-11-9-22)25-17-3-2-15(12-17)14-24-20(28)23(6-1-7-23)21(29)26-16-4-5-16/h2-3,15-18H,1,4-14H2,(H,24,28)(H,25,27)(H,26,29)/t15-,17+,18?/m0/s1. The van der Waals surface area contributed by atoms with Crippen molar-refractivity contribution in [2.24, 2.45) is 22.7 Å². The Kier molecular flexibility index (Phi) is 5.36. The largest absolute Gasteiger partial charge is 0.355 e. The number of hydrogen-bond donors (Lipinski definition) is 3. The molecule has 1 aliphatic heterocycles. The molecule has 30 heavy (non-hydrogen) atoms. The summed E-state index contributed by atoms with van der Waals surface area (Å²) >= 11 is 2.00. The lowest BCUT2D eigenvalue weighted by atomic mass is 9.67. The molecule has 3 N–H and O–H groups in total. The van der Waals surface area contributed by atoms with E-state index in [2.05, 4.69) is 28.1 Å². The van der Waals surface area contributed by atoms with E-state index in [1.807, 2.05) is 11.8 Å². The van der Waals surface area contributed by atoms with E-state index in [1.165, 1.54) is 24.3 Å². The molecule has 1 heterocycles. The highest BCUT2D eigenvalue weighted by atomic mass is 32.2. The summed E-state index contributed by atoms with van der Waals surface area (Å²) in [4.78, 5) is 38.1. The van der Waals surface area contributed by atoms with Crippen molar-refractivity contribution in [1.82, 2.24) is 16.0 Å². The van der Waals surface area contributed by atoms with E-state index in [9.17, 15) is 14.4 Å². The zero-order chi connectivity index (χ0) is 20.8. The van der Waals surface area contributed by atoms with Crippen LogP contribution in [0, 0.1) is 22.7 Å². The minimum atomic E-state index is -0.850. The second-order valence-corrected chi connectivity index (χ2v) is 11.3. The van der Waals surface area contributed by atoms with Crippen LogP contribution in [0.2, 0.25) is 0 Å². The third-order valence-electron chi connectivity index (χ3n) is 8.01. The van der Waals surface area contributed by atoms with Crippen molar-refractivity contribution in [3.8, 4) is 0 Å². The topological polar surface area (TPSA) is 87.3 Å². The van der Waals surface area contributed by atoms with Crippen molar-refractivity contribution in [2.45, 2.75) is 69.9 Å². The molecule has 6 nitrogen and oxygen atoms in total. The Balaban J connectivity index is 1.06. The summed E-state index contributed by atoms with van der Waals surface area (Å²) in [7, 11) is 0. The highest BCUT2D eigenvalue weighted by Gasteiger charge is 2.58. The van der Waals surface area contributed by atoms with Gasteiger partial charge in [0.1, 0.15) is 5.41 Å². The van der Waals surface area contributed by atoms with Crippen LogP contribution in [0.25, 0.3) is 0 Å². The third kappa shape index (κ3) is 3.90. The van der Waals surface area contributed by atoms with E-state index in [-0.39, 0.29) is 41.6 Å². The van der Waals surface area contributed by atoms with Gasteiger partial charge in [0.2, 0.25) is 17.7 Å². The average Bonchev–Trinajstić information content (AvgIpc) is 3.59. The van der Waals surface area contributed by atoms with Crippen molar-refractivity contribution in [3.63, 3.8) is 0 Å². The van der Waals surface area contributed by atoms with Crippen molar-refractivity contribution in [2.75, 3.05) is 18.1 Å². The highest BCUT2D eigenvalue weighted by Crippen LogP contribution is 2.60. The van der Waals surface area contributed by atoms with Gasteiger partial charge in [-0.2, -0.15) is 11.8 Å². The minimum absolute atomic E-state index is 0.0610. The molecular weight excluding hydrogens is 398 g/mol. The fraction of sp³-hybridized carbons (Fsp3) is 0.783. The van der Waals surface area contributed by atoms with Gasteiger partial charge in [0.25, 0.3) is 0 Å².